The third-order valence-electron chi connectivity index (χ3n) is 3.83. The highest BCUT2D eigenvalue weighted by atomic mass is 35.5. The monoisotopic (exact) mass is 325 g/mol. The third kappa shape index (κ3) is 2.64. The summed E-state index contributed by atoms with van der Waals surface area (Å²) in [6.45, 7) is 1.45. The van der Waals surface area contributed by atoms with E-state index in [0.717, 1.165) is 11.8 Å². The molecule has 1 unspecified atom stereocenters. The zero-order chi connectivity index (χ0) is 15.0. The predicted molar refractivity (Wildman–Crippen MR) is 82.7 cm³/mol. The van der Waals surface area contributed by atoms with Crippen LogP contribution in [0.25, 0.3) is 10.9 Å². The summed E-state index contributed by atoms with van der Waals surface area (Å²) in [6.07, 6.45) is 2.38. The second kappa shape index (κ2) is 5.53. The minimum absolute atomic E-state index is 0.170. The number of rotatable bonds is 3. The third-order valence-corrected chi connectivity index (χ3v) is 5.93. The van der Waals surface area contributed by atoms with Crippen LogP contribution < -0.4 is 5.73 Å². The molecule has 0 bridgehead atoms. The van der Waals surface area contributed by atoms with Gasteiger partial charge in [-0.1, -0.05) is 17.7 Å². The van der Waals surface area contributed by atoms with Crippen molar-refractivity contribution in [2.45, 2.75) is 11.3 Å². The maximum Gasteiger partial charge on any atom is 0.245 e. The Hall–Kier alpha value is -1.21. The van der Waals surface area contributed by atoms with E-state index in [9.17, 15) is 8.42 Å². The van der Waals surface area contributed by atoms with Crippen molar-refractivity contribution in [2.75, 3.05) is 19.6 Å². The fourth-order valence-corrected chi connectivity index (χ4v) is 4.68. The zero-order valence-corrected chi connectivity index (χ0v) is 12.9. The molecule has 1 aromatic heterocycles. The highest BCUT2D eigenvalue weighted by Crippen LogP contribution is 2.30. The molecule has 1 atom stereocenters. The first-order valence-corrected chi connectivity index (χ1v) is 8.58. The number of hydrogen-bond acceptors (Lipinski definition) is 4. The summed E-state index contributed by atoms with van der Waals surface area (Å²) in [6, 6.07) is 6.76. The fraction of sp³-hybridized carbons (Fsp3) is 0.357. The van der Waals surface area contributed by atoms with Crippen LogP contribution in [0.4, 0.5) is 0 Å². The number of fused-ring (bicyclic) bond motifs is 1. The van der Waals surface area contributed by atoms with Gasteiger partial charge in [0.2, 0.25) is 10.0 Å². The molecule has 2 N–H and O–H groups in total. The summed E-state index contributed by atoms with van der Waals surface area (Å²) in [5.74, 6) is 0.221. The van der Waals surface area contributed by atoms with Crippen LogP contribution in [0, 0.1) is 5.92 Å². The summed E-state index contributed by atoms with van der Waals surface area (Å²) < 4.78 is 27.2. The summed E-state index contributed by atoms with van der Waals surface area (Å²) in [7, 11) is -3.60. The van der Waals surface area contributed by atoms with Crippen LogP contribution in [-0.2, 0) is 10.0 Å². The van der Waals surface area contributed by atoms with Crippen LogP contribution in [-0.4, -0.2) is 37.3 Å². The SMILES string of the molecule is NCC1CCN(S(=O)(=O)c2cc(Cl)cc3cccnc23)C1. The number of sulfonamides is 1. The molecule has 0 spiro atoms. The van der Waals surface area contributed by atoms with Crippen LogP contribution in [0.1, 0.15) is 6.42 Å². The lowest BCUT2D eigenvalue weighted by Gasteiger charge is -2.17. The van der Waals surface area contributed by atoms with E-state index >= 15 is 0 Å². The number of halogens is 1. The van der Waals surface area contributed by atoms with Gasteiger partial charge < -0.3 is 5.73 Å². The molecule has 1 aliphatic rings. The Labute approximate surface area is 128 Å². The molecule has 5 nitrogen and oxygen atoms in total. The molecule has 1 saturated heterocycles. The normalized spacial score (nSPS) is 20.2. The minimum Gasteiger partial charge on any atom is -0.330 e. The van der Waals surface area contributed by atoms with Gasteiger partial charge in [0.15, 0.2) is 0 Å². The van der Waals surface area contributed by atoms with E-state index in [1.165, 1.54) is 10.4 Å². The van der Waals surface area contributed by atoms with Gasteiger partial charge in [-0.05, 0) is 37.1 Å². The number of nitrogens with zero attached hydrogens (tertiary/aromatic N) is 2. The summed E-state index contributed by atoms with van der Waals surface area (Å²) in [5, 5.41) is 1.11. The molecule has 1 fully saturated rings. The van der Waals surface area contributed by atoms with E-state index < -0.39 is 10.0 Å². The Balaban J connectivity index is 2.11. The average molecular weight is 326 g/mol. The van der Waals surface area contributed by atoms with Gasteiger partial charge in [0.25, 0.3) is 0 Å². The van der Waals surface area contributed by atoms with Crippen molar-refractivity contribution >= 4 is 32.5 Å². The van der Waals surface area contributed by atoms with Gasteiger partial charge in [-0.3, -0.25) is 4.98 Å². The fourth-order valence-electron chi connectivity index (χ4n) is 2.67. The van der Waals surface area contributed by atoms with Crippen molar-refractivity contribution in [1.82, 2.24) is 9.29 Å². The zero-order valence-electron chi connectivity index (χ0n) is 11.4. The second-order valence-corrected chi connectivity index (χ2v) is 7.58. The van der Waals surface area contributed by atoms with Crippen LogP contribution in [0.3, 0.4) is 0 Å². The molecule has 0 saturated carbocycles. The molecule has 21 heavy (non-hydrogen) atoms. The lowest BCUT2D eigenvalue weighted by atomic mass is 10.1. The molecule has 2 heterocycles. The van der Waals surface area contributed by atoms with Gasteiger partial charge in [0, 0.05) is 29.7 Å². The van der Waals surface area contributed by atoms with Crippen molar-refractivity contribution in [3.63, 3.8) is 0 Å². The molecule has 3 rings (SSSR count). The van der Waals surface area contributed by atoms with Gasteiger partial charge in [0.1, 0.15) is 4.90 Å². The van der Waals surface area contributed by atoms with E-state index in [2.05, 4.69) is 4.98 Å². The minimum atomic E-state index is -3.60. The smallest absolute Gasteiger partial charge is 0.245 e. The Bertz CT molecular complexity index is 779. The second-order valence-electron chi connectivity index (χ2n) is 5.23. The number of benzene rings is 1. The van der Waals surface area contributed by atoms with Gasteiger partial charge in [-0.15, -0.1) is 0 Å². The highest BCUT2D eigenvalue weighted by molar-refractivity contribution is 7.89. The van der Waals surface area contributed by atoms with Crippen LogP contribution in [0.5, 0.6) is 0 Å². The van der Waals surface area contributed by atoms with E-state index in [1.807, 2.05) is 0 Å². The first kappa shape index (κ1) is 14.7. The Morgan fingerprint density at radius 2 is 2.24 bits per heavy atom. The van der Waals surface area contributed by atoms with Gasteiger partial charge in [-0.2, -0.15) is 4.31 Å². The number of nitrogens with two attached hydrogens (primary N) is 1. The van der Waals surface area contributed by atoms with Gasteiger partial charge in [0.05, 0.1) is 5.52 Å². The first-order chi connectivity index (χ1) is 10.0. The molecule has 0 amide bonds. The Kier molecular flexibility index (Phi) is 3.88. The highest BCUT2D eigenvalue weighted by Gasteiger charge is 2.33. The van der Waals surface area contributed by atoms with Gasteiger partial charge in [-0.25, -0.2) is 8.42 Å². The maximum atomic E-state index is 12.8. The maximum absolute atomic E-state index is 12.8. The number of pyridine rings is 1. The molecule has 1 aromatic carbocycles. The molecule has 0 aliphatic carbocycles. The molecule has 112 valence electrons. The van der Waals surface area contributed by atoms with Crippen molar-refractivity contribution in [3.05, 3.63) is 35.5 Å². The molecular formula is C14H16ClN3O2S. The average Bonchev–Trinajstić information content (AvgIpc) is 2.96. The predicted octanol–water partition coefficient (Wildman–Crippen LogP) is 1.86. The standard InChI is InChI=1S/C14H16ClN3O2S/c15-12-6-11-2-1-4-17-14(11)13(7-12)21(19,20)18-5-3-10(8-16)9-18/h1-2,4,6-7,10H,3,5,8-9,16H2. The van der Waals surface area contributed by atoms with E-state index in [4.69, 9.17) is 17.3 Å². The molecule has 1 aliphatic heterocycles. The summed E-state index contributed by atoms with van der Waals surface area (Å²) >= 11 is 6.06. The molecular weight excluding hydrogens is 310 g/mol. The first-order valence-electron chi connectivity index (χ1n) is 6.77. The van der Waals surface area contributed by atoms with E-state index in [-0.39, 0.29) is 10.8 Å². The Morgan fingerprint density at radius 1 is 1.43 bits per heavy atom. The molecule has 0 radical (unpaired) electrons. The van der Waals surface area contributed by atoms with Crippen molar-refractivity contribution in [1.29, 1.82) is 0 Å². The molecule has 7 heteroatoms. The van der Waals surface area contributed by atoms with Crippen LogP contribution in [0.15, 0.2) is 35.4 Å². The van der Waals surface area contributed by atoms with E-state index in [1.54, 1.807) is 24.4 Å². The summed E-state index contributed by atoms with van der Waals surface area (Å²) in [5.41, 5.74) is 6.09. The lowest BCUT2D eigenvalue weighted by molar-refractivity contribution is 0.459. The summed E-state index contributed by atoms with van der Waals surface area (Å²) in [4.78, 5) is 4.38. The molecule has 2 aromatic rings. The topological polar surface area (TPSA) is 76.3 Å². The lowest BCUT2D eigenvalue weighted by Crippen LogP contribution is -2.30. The largest absolute Gasteiger partial charge is 0.330 e. The van der Waals surface area contributed by atoms with Crippen molar-refractivity contribution in [3.8, 4) is 0 Å². The van der Waals surface area contributed by atoms with Gasteiger partial charge >= 0.3 is 0 Å². The van der Waals surface area contributed by atoms with E-state index in [0.29, 0.717) is 30.2 Å². The van der Waals surface area contributed by atoms with Crippen LogP contribution >= 0.6 is 11.6 Å². The van der Waals surface area contributed by atoms with Crippen molar-refractivity contribution in [2.24, 2.45) is 11.7 Å². The number of hydrogen-bond donors (Lipinski definition) is 1. The van der Waals surface area contributed by atoms with Crippen LogP contribution in [0.2, 0.25) is 5.02 Å². The number of aromatic nitrogens is 1. The van der Waals surface area contributed by atoms with Crippen molar-refractivity contribution < 1.29 is 8.42 Å². The quantitative estimate of drug-likeness (QED) is 0.934. The Morgan fingerprint density at radius 3 is 2.95 bits per heavy atom.